The van der Waals surface area contributed by atoms with Crippen molar-refractivity contribution in [3.8, 4) is 0 Å². The standard InChI is InChI=1S/C10H7F5O2/c1-2-17-5(16)3-4-6(11)8(13)10(15)9(14)7(4)12/h2-3H2,1H3. The molecule has 94 valence electrons. The lowest BCUT2D eigenvalue weighted by Crippen LogP contribution is -2.14. The van der Waals surface area contributed by atoms with Crippen molar-refractivity contribution in [2.24, 2.45) is 0 Å². The van der Waals surface area contributed by atoms with Crippen molar-refractivity contribution in [1.82, 2.24) is 0 Å². The van der Waals surface area contributed by atoms with Crippen LogP contribution in [0.4, 0.5) is 22.0 Å². The molecule has 0 N–H and O–H groups in total. The molecule has 17 heavy (non-hydrogen) atoms. The number of hydrogen-bond acceptors (Lipinski definition) is 2. The highest BCUT2D eigenvalue weighted by Gasteiger charge is 2.27. The minimum atomic E-state index is -2.26. The van der Waals surface area contributed by atoms with E-state index in [1.807, 2.05) is 0 Å². The van der Waals surface area contributed by atoms with Crippen LogP contribution >= 0.6 is 0 Å². The molecule has 1 rings (SSSR count). The van der Waals surface area contributed by atoms with Gasteiger partial charge in [-0.05, 0) is 6.92 Å². The highest BCUT2D eigenvalue weighted by atomic mass is 19.2. The predicted molar refractivity (Wildman–Crippen MR) is 46.6 cm³/mol. The number of rotatable bonds is 3. The van der Waals surface area contributed by atoms with E-state index in [1.54, 1.807) is 0 Å². The zero-order valence-corrected chi connectivity index (χ0v) is 8.62. The van der Waals surface area contributed by atoms with Crippen molar-refractivity contribution in [1.29, 1.82) is 0 Å². The second-order valence-corrected chi connectivity index (χ2v) is 3.03. The molecule has 0 unspecified atom stereocenters. The molecule has 0 amide bonds. The van der Waals surface area contributed by atoms with E-state index in [9.17, 15) is 26.7 Å². The third-order valence-corrected chi connectivity index (χ3v) is 1.93. The summed E-state index contributed by atoms with van der Waals surface area (Å²) >= 11 is 0. The molecule has 0 saturated carbocycles. The van der Waals surface area contributed by atoms with Crippen LogP contribution in [0.1, 0.15) is 12.5 Å². The fraction of sp³-hybridized carbons (Fsp3) is 0.300. The molecule has 0 spiro atoms. The van der Waals surface area contributed by atoms with Crippen LogP contribution in [-0.2, 0) is 16.0 Å². The van der Waals surface area contributed by atoms with Gasteiger partial charge in [0.15, 0.2) is 23.3 Å². The average Bonchev–Trinajstić information content (AvgIpc) is 2.30. The Labute approximate surface area is 93.0 Å². The lowest BCUT2D eigenvalue weighted by Gasteiger charge is -2.07. The molecule has 0 heterocycles. The highest BCUT2D eigenvalue weighted by molar-refractivity contribution is 5.72. The summed E-state index contributed by atoms with van der Waals surface area (Å²) in [6, 6.07) is 0. The van der Waals surface area contributed by atoms with Gasteiger partial charge in [0.1, 0.15) is 0 Å². The van der Waals surface area contributed by atoms with Crippen molar-refractivity contribution >= 4 is 5.97 Å². The number of esters is 1. The maximum absolute atomic E-state index is 13.1. The van der Waals surface area contributed by atoms with Crippen LogP contribution in [0.15, 0.2) is 0 Å². The molecule has 0 saturated heterocycles. The van der Waals surface area contributed by atoms with E-state index < -0.39 is 47.0 Å². The summed E-state index contributed by atoms with van der Waals surface area (Å²) in [6.45, 7) is 1.38. The van der Waals surface area contributed by atoms with Crippen LogP contribution in [0.5, 0.6) is 0 Å². The molecule has 0 fully saturated rings. The van der Waals surface area contributed by atoms with Crippen LogP contribution in [0.3, 0.4) is 0 Å². The Hall–Kier alpha value is -1.66. The average molecular weight is 254 g/mol. The second kappa shape index (κ2) is 5.11. The van der Waals surface area contributed by atoms with Gasteiger partial charge in [-0.15, -0.1) is 0 Å². The zero-order chi connectivity index (χ0) is 13.2. The van der Waals surface area contributed by atoms with E-state index in [0.29, 0.717) is 0 Å². The Morgan fingerprint density at radius 1 is 0.941 bits per heavy atom. The summed E-state index contributed by atoms with van der Waals surface area (Å²) in [5.74, 6) is -11.5. The Kier molecular flexibility index (Phi) is 4.03. The van der Waals surface area contributed by atoms with Crippen LogP contribution in [-0.4, -0.2) is 12.6 Å². The lowest BCUT2D eigenvalue weighted by molar-refractivity contribution is -0.142. The normalized spacial score (nSPS) is 10.5. The van der Waals surface area contributed by atoms with Crippen LogP contribution in [0, 0.1) is 29.1 Å². The van der Waals surface area contributed by atoms with Gasteiger partial charge >= 0.3 is 5.97 Å². The molecule has 2 nitrogen and oxygen atoms in total. The Morgan fingerprint density at radius 2 is 1.35 bits per heavy atom. The number of carbonyl (C=O) groups is 1. The van der Waals surface area contributed by atoms with Gasteiger partial charge in [0.2, 0.25) is 5.82 Å². The Balaban J connectivity index is 3.20. The zero-order valence-electron chi connectivity index (χ0n) is 8.62. The first-order valence-corrected chi connectivity index (χ1v) is 4.56. The molecule has 1 aromatic carbocycles. The fourth-order valence-corrected chi connectivity index (χ4v) is 1.16. The van der Waals surface area contributed by atoms with Gasteiger partial charge in [-0.2, -0.15) is 0 Å². The molecule has 0 atom stereocenters. The van der Waals surface area contributed by atoms with Crippen molar-refractivity contribution in [3.63, 3.8) is 0 Å². The molecule has 0 aromatic heterocycles. The number of ether oxygens (including phenoxy) is 1. The number of carbonyl (C=O) groups excluding carboxylic acids is 1. The van der Waals surface area contributed by atoms with E-state index in [1.165, 1.54) is 6.92 Å². The first kappa shape index (κ1) is 13.4. The van der Waals surface area contributed by atoms with Crippen molar-refractivity contribution in [2.45, 2.75) is 13.3 Å². The monoisotopic (exact) mass is 254 g/mol. The molecule has 1 aromatic rings. The van der Waals surface area contributed by atoms with Gasteiger partial charge in [-0.25, -0.2) is 22.0 Å². The van der Waals surface area contributed by atoms with Gasteiger partial charge < -0.3 is 4.74 Å². The van der Waals surface area contributed by atoms with Crippen molar-refractivity contribution < 1.29 is 31.5 Å². The van der Waals surface area contributed by atoms with Crippen molar-refractivity contribution in [3.05, 3.63) is 34.6 Å². The molecular formula is C10H7F5O2. The third-order valence-electron chi connectivity index (χ3n) is 1.93. The number of benzene rings is 1. The lowest BCUT2D eigenvalue weighted by atomic mass is 10.1. The summed E-state index contributed by atoms with van der Waals surface area (Å²) in [4.78, 5) is 10.9. The first-order valence-electron chi connectivity index (χ1n) is 4.56. The summed E-state index contributed by atoms with van der Waals surface area (Å²) < 4.78 is 68.6. The summed E-state index contributed by atoms with van der Waals surface area (Å²) in [5.41, 5.74) is -1.19. The molecule has 7 heteroatoms. The van der Waals surface area contributed by atoms with E-state index in [-0.39, 0.29) is 6.61 Å². The van der Waals surface area contributed by atoms with E-state index >= 15 is 0 Å². The van der Waals surface area contributed by atoms with Crippen LogP contribution < -0.4 is 0 Å². The number of hydrogen-bond donors (Lipinski definition) is 0. The smallest absolute Gasteiger partial charge is 0.310 e. The summed E-state index contributed by atoms with van der Waals surface area (Å²) in [7, 11) is 0. The van der Waals surface area contributed by atoms with E-state index in [4.69, 9.17) is 0 Å². The topological polar surface area (TPSA) is 26.3 Å². The van der Waals surface area contributed by atoms with Gasteiger partial charge in [-0.1, -0.05) is 0 Å². The van der Waals surface area contributed by atoms with Crippen molar-refractivity contribution in [2.75, 3.05) is 6.61 Å². The second-order valence-electron chi connectivity index (χ2n) is 3.03. The Bertz CT molecular complexity index is 429. The molecule has 0 aliphatic carbocycles. The third kappa shape index (κ3) is 2.54. The predicted octanol–water partition coefficient (Wildman–Crippen LogP) is 2.49. The SMILES string of the molecule is CCOC(=O)Cc1c(F)c(F)c(F)c(F)c1F. The quantitative estimate of drug-likeness (QED) is 0.358. The maximum Gasteiger partial charge on any atom is 0.310 e. The molecular weight excluding hydrogens is 247 g/mol. The van der Waals surface area contributed by atoms with Gasteiger partial charge in [0.25, 0.3) is 0 Å². The van der Waals surface area contributed by atoms with E-state index in [2.05, 4.69) is 4.74 Å². The minimum Gasteiger partial charge on any atom is -0.466 e. The maximum atomic E-state index is 13.1. The van der Waals surface area contributed by atoms with Crippen LogP contribution in [0.25, 0.3) is 0 Å². The van der Waals surface area contributed by atoms with Gasteiger partial charge in [-0.3, -0.25) is 4.79 Å². The molecule has 0 aliphatic heterocycles. The highest BCUT2D eigenvalue weighted by Crippen LogP contribution is 2.23. The van der Waals surface area contributed by atoms with Crippen LogP contribution in [0.2, 0.25) is 0 Å². The molecule has 0 radical (unpaired) electrons. The van der Waals surface area contributed by atoms with E-state index in [0.717, 1.165) is 0 Å². The summed E-state index contributed by atoms with van der Waals surface area (Å²) in [6.07, 6.45) is -1.01. The van der Waals surface area contributed by atoms with Gasteiger partial charge in [0.05, 0.1) is 13.0 Å². The largest absolute Gasteiger partial charge is 0.466 e. The fourth-order valence-electron chi connectivity index (χ4n) is 1.16. The number of halogens is 5. The first-order chi connectivity index (χ1) is 7.90. The Morgan fingerprint density at radius 3 is 1.76 bits per heavy atom. The summed E-state index contributed by atoms with van der Waals surface area (Å²) in [5, 5.41) is 0. The van der Waals surface area contributed by atoms with Gasteiger partial charge in [0, 0.05) is 5.56 Å². The molecule has 0 aliphatic rings. The minimum absolute atomic E-state index is 0.0613. The molecule has 0 bridgehead atoms.